The number of hydrogen-bond acceptors (Lipinski definition) is 8. The Labute approximate surface area is 88.3 Å². The van der Waals surface area contributed by atoms with Gasteiger partial charge in [0.2, 0.25) is 0 Å². The van der Waals surface area contributed by atoms with Crippen molar-refractivity contribution in [3.8, 4) is 0 Å². The first-order valence-electron chi connectivity index (χ1n) is 4.03. The molecular formula is C5H9N3O8. The van der Waals surface area contributed by atoms with Gasteiger partial charge in [-0.1, -0.05) is 6.92 Å². The number of rotatable bonds is 8. The molecule has 0 fully saturated rings. The van der Waals surface area contributed by atoms with Crippen LogP contribution in [-0.4, -0.2) is 33.8 Å². The molecule has 0 amide bonds. The first-order chi connectivity index (χ1) is 7.34. The fraction of sp³-hybridized carbons (Fsp3) is 1.00. The second-order valence-electron chi connectivity index (χ2n) is 2.83. The van der Waals surface area contributed by atoms with Gasteiger partial charge in [-0.3, -0.25) is 10.1 Å². The molecule has 0 saturated heterocycles. The smallest absolute Gasteiger partial charge is 0.294 e. The molecule has 0 aromatic carbocycles. The summed E-state index contributed by atoms with van der Waals surface area (Å²) in [5.74, 6) is 0. The monoisotopic (exact) mass is 239 g/mol. The first-order valence-corrected chi connectivity index (χ1v) is 4.03. The molecule has 0 unspecified atom stereocenters. The summed E-state index contributed by atoms with van der Waals surface area (Å²) in [5.41, 5.74) is -2.00. The summed E-state index contributed by atoms with van der Waals surface area (Å²) in [6.07, 6.45) is -0.207. The van der Waals surface area contributed by atoms with E-state index in [4.69, 9.17) is 0 Å². The van der Waals surface area contributed by atoms with Crippen LogP contribution in [0.3, 0.4) is 0 Å². The number of hydrogen-bond donors (Lipinski definition) is 0. The zero-order chi connectivity index (χ0) is 12.8. The van der Waals surface area contributed by atoms with E-state index < -0.39 is 33.8 Å². The quantitative estimate of drug-likeness (QED) is 0.418. The van der Waals surface area contributed by atoms with Gasteiger partial charge in [0, 0.05) is 11.3 Å². The Morgan fingerprint density at radius 3 is 1.56 bits per heavy atom. The van der Waals surface area contributed by atoms with E-state index in [1.54, 1.807) is 0 Å². The van der Waals surface area contributed by atoms with Gasteiger partial charge in [-0.05, 0) is 0 Å². The lowest BCUT2D eigenvalue weighted by atomic mass is 10.00. The molecule has 0 spiro atoms. The van der Waals surface area contributed by atoms with Crippen molar-refractivity contribution in [3.05, 3.63) is 30.3 Å². The van der Waals surface area contributed by atoms with E-state index in [9.17, 15) is 30.3 Å². The van der Waals surface area contributed by atoms with Gasteiger partial charge in [-0.25, -0.2) is 0 Å². The van der Waals surface area contributed by atoms with E-state index in [-0.39, 0.29) is 6.42 Å². The third-order valence-electron chi connectivity index (χ3n) is 1.92. The summed E-state index contributed by atoms with van der Waals surface area (Å²) in [4.78, 5) is 37.3. The highest BCUT2D eigenvalue weighted by Crippen LogP contribution is 2.16. The van der Waals surface area contributed by atoms with E-state index in [1.165, 1.54) is 6.92 Å². The molecule has 0 N–H and O–H groups in total. The van der Waals surface area contributed by atoms with Crippen LogP contribution in [0.4, 0.5) is 0 Å². The summed E-state index contributed by atoms with van der Waals surface area (Å²) in [6.45, 7) is -0.468. The molecule has 0 aliphatic carbocycles. The standard InChI is InChI=1S/C5H9N3O8/c1-2-5(6(9)10,3-15-7(11)12)4-16-8(13)14/h2-4H2,1H3. The first kappa shape index (κ1) is 13.8. The Bertz CT molecular complexity index is 273. The summed E-state index contributed by atoms with van der Waals surface area (Å²) in [6, 6.07) is 0. The van der Waals surface area contributed by atoms with E-state index in [2.05, 4.69) is 9.68 Å². The van der Waals surface area contributed by atoms with Crippen LogP contribution in [0, 0.1) is 30.3 Å². The summed E-state index contributed by atoms with van der Waals surface area (Å²) in [5, 5.41) is 28.1. The molecule has 0 aromatic rings. The molecule has 0 radical (unpaired) electrons. The van der Waals surface area contributed by atoms with Crippen molar-refractivity contribution in [2.24, 2.45) is 0 Å². The maximum absolute atomic E-state index is 10.7. The summed E-state index contributed by atoms with van der Waals surface area (Å²) < 4.78 is 0. The Hall–Kier alpha value is -2.20. The fourth-order valence-corrected chi connectivity index (χ4v) is 0.826. The summed E-state index contributed by atoms with van der Waals surface area (Å²) >= 11 is 0. The van der Waals surface area contributed by atoms with E-state index >= 15 is 0 Å². The minimum absolute atomic E-state index is 0.207. The number of nitro groups is 1. The molecule has 92 valence electrons. The largest absolute Gasteiger partial charge is 0.306 e. The van der Waals surface area contributed by atoms with Crippen LogP contribution in [-0.2, 0) is 9.68 Å². The second-order valence-corrected chi connectivity index (χ2v) is 2.83. The molecule has 0 rings (SSSR count). The van der Waals surface area contributed by atoms with Crippen molar-refractivity contribution < 1.29 is 24.8 Å². The predicted molar refractivity (Wildman–Crippen MR) is 45.9 cm³/mol. The Morgan fingerprint density at radius 1 is 1.00 bits per heavy atom. The maximum atomic E-state index is 10.7. The Balaban J connectivity index is 4.64. The average Bonchev–Trinajstić information content (AvgIpc) is 2.17. The van der Waals surface area contributed by atoms with Crippen LogP contribution in [0.25, 0.3) is 0 Å². The van der Waals surface area contributed by atoms with Crippen LogP contribution < -0.4 is 0 Å². The lowest BCUT2D eigenvalue weighted by Crippen LogP contribution is -2.47. The van der Waals surface area contributed by atoms with E-state index in [1.807, 2.05) is 0 Å². The minimum atomic E-state index is -2.00. The Morgan fingerprint density at radius 2 is 1.38 bits per heavy atom. The van der Waals surface area contributed by atoms with Crippen LogP contribution in [0.5, 0.6) is 0 Å². The van der Waals surface area contributed by atoms with Crippen molar-refractivity contribution in [2.45, 2.75) is 18.9 Å². The fourth-order valence-electron chi connectivity index (χ4n) is 0.826. The molecule has 16 heavy (non-hydrogen) atoms. The van der Waals surface area contributed by atoms with Gasteiger partial charge < -0.3 is 9.68 Å². The predicted octanol–water partition coefficient (Wildman–Crippen LogP) is -0.171. The van der Waals surface area contributed by atoms with Crippen molar-refractivity contribution in [1.29, 1.82) is 0 Å². The zero-order valence-corrected chi connectivity index (χ0v) is 8.23. The molecule has 11 nitrogen and oxygen atoms in total. The van der Waals surface area contributed by atoms with Gasteiger partial charge in [-0.15, -0.1) is 20.2 Å². The molecule has 0 bridgehead atoms. The zero-order valence-electron chi connectivity index (χ0n) is 8.23. The molecule has 0 aliphatic heterocycles. The third kappa shape index (κ3) is 3.89. The molecule has 0 saturated carbocycles. The van der Waals surface area contributed by atoms with E-state index in [0.717, 1.165) is 0 Å². The van der Waals surface area contributed by atoms with Gasteiger partial charge in [0.1, 0.15) is 0 Å². The van der Waals surface area contributed by atoms with Crippen LogP contribution in [0.1, 0.15) is 13.3 Å². The highest BCUT2D eigenvalue weighted by Gasteiger charge is 2.44. The molecule has 0 atom stereocenters. The summed E-state index contributed by atoms with van der Waals surface area (Å²) in [7, 11) is 0. The van der Waals surface area contributed by atoms with Gasteiger partial charge in [0.25, 0.3) is 15.7 Å². The molecular weight excluding hydrogens is 230 g/mol. The van der Waals surface area contributed by atoms with Crippen molar-refractivity contribution in [2.75, 3.05) is 13.2 Å². The van der Waals surface area contributed by atoms with Gasteiger partial charge in [0.15, 0.2) is 13.2 Å². The van der Waals surface area contributed by atoms with Gasteiger partial charge in [-0.2, -0.15) is 0 Å². The lowest BCUT2D eigenvalue weighted by Gasteiger charge is -2.21. The highest BCUT2D eigenvalue weighted by atomic mass is 17.0. The minimum Gasteiger partial charge on any atom is -0.306 e. The number of nitrogens with zero attached hydrogens (tertiary/aromatic N) is 3. The van der Waals surface area contributed by atoms with Crippen LogP contribution in [0.2, 0.25) is 0 Å². The second kappa shape index (κ2) is 5.63. The topological polar surface area (TPSA) is 148 Å². The van der Waals surface area contributed by atoms with Crippen LogP contribution in [0.15, 0.2) is 0 Å². The molecule has 0 heterocycles. The van der Waals surface area contributed by atoms with Crippen molar-refractivity contribution >= 4 is 0 Å². The Kier molecular flexibility index (Phi) is 4.85. The molecule has 11 heteroatoms. The van der Waals surface area contributed by atoms with Crippen LogP contribution >= 0.6 is 0 Å². The normalized spacial score (nSPS) is 10.6. The van der Waals surface area contributed by atoms with E-state index in [0.29, 0.717) is 0 Å². The average molecular weight is 239 g/mol. The maximum Gasteiger partial charge on any atom is 0.294 e. The SMILES string of the molecule is CCC(CO[N+](=O)[O-])(CO[N+](=O)[O-])[N+](=O)[O-]. The molecule has 0 aromatic heterocycles. The highest BCUT2D eigenvalue weighted by molar-refractivity contribution is 4.76. The molecule has 0 aliphatic rings. The lowest BCUT2D eigenvalue weighted by molar-refractivity contribution is -0.788. The van der Waals surface area contributed by atoms with Crippen molar-refractivity contribution in [3.63, 3.8) is 0 Å². The van der Waals surface area contributed by atoms with Gasteiger partial charge in [0.05, 0.1) is 0 Å². The van der Waals surface area contributed by atoms with Crippen molar-refractivity contribution in [1.82, 2.24) is 0 Å². The van der Waals surface area contributed by atoms with Gasteiger partial charge >= 0.3 is 0 Å². The third-order valence-corrected chi connectivity index (χ3v) is 1.92.